The van der Waals surface area contributed by atoms with Crippen molar-refractivity contribution in [3.8, 4) is 21.3 Å². The fraction of sp³-hybridized carbons (Fsp3) is 0.0833. The average molecular weight is 260 g/mol. The minimum Gasteiger partial charge on any atom is -0.257 e. The Bertz CT molecular complexity index is 675. The number of rotatable bonds is 2. The number of benzene rings is 1. The molecule has 0 spiro atoms. The highest BCUT2D eigenvalue weighted by Gasteiger charge is 2.15. The third-order valence-corrected chi connectivity index (χ3v) is 3.73. The lowest BCUT2D eigenvalue weighted by molar-refractivity contribution is 0.631. The van der Waals surface area contributed by atoms with Crippen LogP contribution >= 0.6 is 11.3 Å². The number of thiazole rings is 1. The fourth-order valence-corrected chi connectivity index (χ4v) is 2.74. The van der Waals surface area contributed by atoms with Crippen molar-refractivity contribution in [2.45, 2.75) is 6.92 Å². The van der Waals surface area contributed by atoms with Gasteiger partial charge in [0.2, 0.25) is 0 Å². The van der Waals surface area contributed by atoms with Gasteiger partial charge < -0.3 is 0 Å². The summed E-state index contributed by atoms with van der Waals surface area (Å²) in [6, 6.07) is 6.68. The molecule has 0 aliphatic heterocycles. The second-order valence-electron chi connectivity index (χ2n) is 3.75. The van der Waals surface area contributed by atoms with Crippen molar-refractivity contribution in [1.29, 1.82) is 0 Å². The van der Waals surface area contributed by atoms with Crippen molar-refractivity contribution in [2.75, 3.05) is 0 Å². The van der Waals surface area contributed by atoms with E-state index in [1.165, 1.54) is 23.7 Å². The second-order valence-corrected chi connectivity index (χ2v) is 4.75. The first kappa shape index (κ1) is 11.0. The topological polar surface area (TPSA) is 54.5 Å². The second kappa shape index (κ2) is 4.30. The summed E-state index contributed by atoms with van der Waals surface area (Å²) in [6.45, 7) is 1.86. The van der Waals surface area contributed by atoms with Crippen LogP contribution in [0.2, 0.25) is 0 Å². The van der Waals surface area contributed by atoms with Crippen molar-refractivity contribution in [3.63, 3.8) is 0 Å². The third kappa shape index (κ3) is 1.80. The van der Waals surface area contributed by atoms with E-state index in [0.29, 0.717) is 16.4 Å². The molecule has 6 heteroatoms. The molecule has 0 saturated carbocycles. The van der Waals surface area contributed by atoms with E-state index in [1.54, 1.807) is 12.1 Å². The van der Waals surface area contributed by atoms with Gasteiger partial charge in [-0.2, -0.15) is 5.10 Å². The zero-order valence-corrected chi connectivity index (χ0v) is 10.3. The fourth-order valence-electron chi connectivity index (χ4n) is 1.70. The SMILES string of the molecule is Cc1nc(-c2ncn[nH]2)sc1-c1ccccc1F. The molecule has 1 N–H and O–H groups in total. The molecule has 0 aliphatic rings. The molecular weight excluding hydrogens is 251 g/mol. The molecule has 0 unspecified atom stereocenters. The molecular formula is C12H9FN4S. The van der Waals surface area contributed by atoms with Crippen LogP contribution in [0.4, 0.5) is 4.39 Å². The van der Waals surface area contributed by atoms with Crippen LogP contribution in [0.1, 0.15) is 5.69 Å². The summed E-state index contributed by atoms with van der Waals surface area (Å²) in [7, 11) is 0. The molecule has 2 heterocycles. The van der Waals surface area contributed by atoms with Crippen LogP contribution in [0.15, 0.2) is 30.6 Å². The molecule has 1 aromatic carbocycles. The van der Waals surface area contributed by atoms with Crippen molar-refractivity contribution in [3.05, 3.63) is 42.1 Å². The zero-order valence-electron chi connectivity index (χ0n) is 9.51. The van der Waals surface area contributed by atoms with E-state index in [9.17, 15) is 4.39 Å². The van der Waals surface area contributed by atoms with E-state index < -0.39 is 0 Å². The first-order chi connectivity index (χ1) is 8.75. The molecule has 0 aliphatic carbocycles. The number of hydrogen-bond acceptors (Lipinski definition) is 4. The van der Waals surface area contributed by atoms with E-state index in [2.05, 4.69) is 20.2 Å². The molecule has 4 nitrogen and oxygen atoms in total. The molecule has 0 fully saturated rings. The number of hydrogen-bond donors (Lipinski definition) is 1. The monoisotopic (exact) mass is 260 g/mol. The minimum atomic E-state index is -0.242. The Morgan fingerprint density at radius 3 is 2.83 bits per heavy atom. The molecule has 0 radical (unpaired) electrons. The summed E-state index contributed by atoms with van der Waals surface area (Å²) in [5.41, 5.74) is 1.36. The molecule has 18 heavy (non-hydrogen) atoms. The van der Waals surface area contributed by atoms with Gasteiger partial charge in [-0.1, -0.05) is 18.2 Å². The first-order valence-corrected chi connectivity index (χ1v) is 6.15. The smallest absolute Gasteiger partial charge is 0.184 e. The van der Waals surface area contributed by atoms with Crippen LogP contribution in [-0.4, -0.2) is 20.2 Å². The van der Waals surface area contributed by atoms with Crippen molar-refractivity contribution in [1.82, 2.24) is 20.2 Å². The Balaban J connectivity index is 2.12. The maximum Gasteiger partial charge on any atom is 0.184 e. The number of aryl methyl sites for hydroxylation is 1. The number of nitrogens with zero attached hydrogens (tertiary/aromatic N) is 3. The number of aromatic amines is 1. The third-order valence-electron chi connectivity index (χ3n) is 2.53. The van der Waals surface area contributed by atoms with Crippen LogP contribution in [-0.2, 0) is 0 Å². The number of nitrogens with one attached hydrogen (secondary N) is 1. The van der Waals surface area contributed by atoms with Gasteiger partial charge in [-0.15, -0.1) is 11.3 Å². The molecule has 0 bridgehead atoms. The van der Waals surface area contributed by atoms with Gasteiger partial charge in [0.25, 0.3) is 0 Å². The van der Waals surface area contributed by atoms with Gasteiger partial charge >= 0.3 is 0 Å². The van der Waals surface area contributed by atoms with Gasteiger partial charge in [-0.25, -0.2) is 14.4 Å². The number of aromatic nitrogens is 4. The highest BCUT2D eigenvalue weighted by atomic mass is 32.1. The Kier molecular flexibility index (Phi) is 2.64. The summed E-state index contributed by atoms with van der Waals surface area (Å²) >= 11 is 1.40. The van der Waals surface area contributed by atoms with E-state index in [4.69, 9.17) is 0 Å². The highest BCUT2D eigenvalue weighted by Crippen LogP contribution is 2.34. The Morgan fingerprint density at radius 1 is 1.28 bits per heavy atom. The van der Waals surface area contributed by atoms with Crippen LogP contribution in [0, 0.1) is 12.7 Å². The minimum absolute atomic E-state index is 0.242. The Morgan fingerprint density at radius 2 is 2.11 bits per heavy atom. The molecule has 0 amide bonds. The zero-order chi connectivity index (χ0) is 12.5. The lowest BCUT2D eigenvalue weighted by Crippen LogP contribution is -1.83. The summed E-state index contributed by atoms with van der Waals surface area (Å²) < 4.78 is 13.8. The lowest BCUT2D eigenvalue weighted by Gasteiger charge is -1.99. The lowest BCUT2D eigenvalue weighted by atomic mass is 10.1. The van der Waals surface area contributed by atoms with Crippen LogP contribution in [0.5, 0.6) is 0 Å². The highest BCUT2D eigenvalue weighted by molar-refractivity contribution is 7.18. The van der Waals surface area contributed by atoms with Crippen molar-refractivity contribution in [2.24, 2.45) is 0 Å². The largest absolute Gasteiger partial charge is 0.257 e. The van der Waals surface area contributed by atoms with Gasteiger partial charge in [0.15, 0.2) is 10.8 Å². The van der Waals surface area contributed by atoms with Gasteiger partial charge in [-0.3, -0.25) is 5.10 Å². The van der Waals surface area contributed by atoms with Crippen LogP contribution in [0.3, 0.4) is 0 Å². The van der Waals surface area contributed by atoms with Gasteiger partial charge in [-0.05, 0) is 13.0 Å². The average Bonchev–Trinajstić information content (AvgIpc) is 2.99. The summed E-state index contributed by atoms with van der Waals surface area (Å²) in [6.07, 6.45) is 1.43. The van der Waals surface area contributed by atoms with Crippen molar-refractivity contribution >= 4 is 11.3 Å². The van der Waals surface area contributed by atoms with Crippen LogP contribution < -0.4 is 0 Å². The molecule has 90 valence electrons. The normalized spacial score (nSPS) is 10.8. The maximum absolute atomic E-state index is 13.8. The number of H-pyrrole nitrogens is 1. The van der Waals surface area contributed by atoms with E-state index >= 15 is 0 Å². The molecule has 2 aromatic heterocycles. The molecule has 3 aromatic rings. The summed E-state index contributed by atoms with van der Waals surface area (Å²) in [5.74, 6) is 0.360. The predicted octanol–water partition coefficient (Wildman–Crippen LogP) is 3.04. The molecule has 3 rings (SSSR count). The molecule has 0 atom stereocenters. The summed E-state index contributed by atoms with van der Waals surface area (Å²) in [4.78, 5) is 9.25. The van der Waals surface area contributed by atoms with Crippen molar-refractivity contribution < 1.29 is 4.39 Å². The Labute approximate surface area is 107 Å². The van der Waals surface area contributed by atoms with E-state index in [1.807, 2.05) is 13.0 Å². The van der Waals surface area contributed by atoms with E-state index in [-0.39, 0.29) is 5.82 Å². The quantitative estimate of drug-likeness (QED) is 0.770. The van der Waals surface area contributed by atoms with Gasteiger partial charge in [0.1, 0.15) is 12.1 Å². The van der Waals surface area contributed by atoms with Gasteiger partial charge in [0, 0.05) is 5.56 Å². The maximum atomic E-state index is 13.8. The Hall–Kier alpha value is -2.08. The van der Waals surface area contributed by atoms with Gasteiger partial charge in [0.05, 0.1) is 10.6 Å². The first-order valence-electron chi connectivity index (χ1n) is 5.34. The van der Waals surface area contributed by atoms with Crippen LogP contribution in [0.25, 0.3) is 21.3 Å². The van der Waals surface area contributed by atoms with E-state index in [0.717, 1.165) is 10.6 Å². The summed E-state index contributed by atoms with van der Waals surface area (Å²) in [5, 5.41) is 7.25. The standard InChI is InChI=1S/C12H9FN4S/c1-7-10(8-4-2-3-5-9(8)13)18-12(16-7)11-14-6-15-17-11/h2-6H,1H3,(H,14,15,17). The predicted molar refractivity (Wildman–Crippen MR) is 67.6 cm³/mol. The molecule has 0 saturated heterocycles. The number of halogens is 1.